The van der Waals surface area contributed by atoms with Gasteiger partial charge in [-0.15, -0.1) is 0 Å². The molecule has 7 nitrogen and oxygen atoms in total. The molecule has 1 atom stereocenters. The summed E-state index contributed by atoms with van der Waals surface area (Å²) in [7, 11) is 0. The maximum absolute atomic E-state index is 11.5. The van der Waals surface area contributed by atoms with Crippen LogP contribution in [0.4, 0.5) is 5.95 Å². The number of aryl methyl sites for hydroxylation is 1. The monoisotopic (exact) mass is 250 g/mol. The molecule has 0 aliphatic carbocycles. The minimum Gasteiger partial charge on any atom is -0.478 e. The van der Waals surface area contributed by atoms with Gasteiger partial charge in [0.2, 0.25) is 11.9 Å². The molecule has 0 aromatic carbocycles. The third-order valence-corrected chi connectivity index (χ3v) is 2.95. The first-order chi connectivity index (χ1) is 8.50. The second-order valence-electron chi connectivity index (χ2n) is 4.13. The van der Waals surface area contributed by atoms with Crippen LogP contribution < -0.4 is 10.2 Å². The first kappa shape index (κ1) is 12.3. The van der Waals surface area contributed by atoms with E-state index in [2.05, 4.69) is 15.3 Å². The topological polar surface area (TPSA) is 95.4 Å². The van der Waals surface area contributed by atoms with Crippen molar-refractivity contribution in [3.05, 3.63) is 17.5 Å². The molecule has 7 heteroatoms. The lowest BCUT2D eigenvalue weighted by Crippen LogP contribution is -2.54. The number of anilines is 1. The Bertz CT molecular complexity index is 503. The Kier molecular flexibility index (Phi) is 3.14. The molecule has 0 saturated carbocycles. The number of aromatic carboxylic acids is 1. The fourth-order valence-corrected chi connectivity index (χ4v) is 1.86. The number of carbonyl (C=O) groups is 2. The third kappa shape index (κ3) is 2.11. The SMILES string of the molecule is Cc1nc(N2CCNC(=O)C2C)ncc1C(=O)O. The molecule has 0 spiro atoms. The van der Waals surface area contributed by atoms with Crippen LogP contribution in [0, 0.1) is 6.92 Å². The molecule has 1 aliphatic heterocycles. The van der Waals surface area contributed by atoms with Crippen molar-refractivity contribution in [2.75, 3.05) is 18.0 Å². The number of rotatable bonds is 2. The smallest absolute Gasteiger partial charge is 0.339 e. The third-order valence-electron chi connectivity index (χ3n) is 2.95. The van der Waals surface area contributed by atoms with Crippen molar-refractivity contribution in [2.45, 2.75) is 19.9 Å². The predicted octanol–water partition coefficient (Wildman–Crippen LogP) is -0.192. The van der Waals surface area contributed by atoms with Crippen molar-refractivity contribution in [1.29, 1.82) is 0 Å². The Morgan fingerprint density at radius 1 is 1.61 bits per heavy atom. The summed E-state index contributed by atoms with van der Waals surface area (Å²) >= 11 is 0. The number of carboxylic acids is 1. The zero-order valence-electron chi connectivity index (χ0n) is 10.2. The minimum absolute atomic E-state index is 0.0767. The van der Waals surface area contributed by atoms with Crippen LogP contribution in [0.15, 0.2) is 6.20 Å². The maximum Gasteiger partial charge on any atom is 0.339 e. The number of hydrogen-bond donors (Lipinski definition) is 2. The van der Waals surface area contributed by atoms with Gasteiger partial charge in [0, 0.05) is 19.3 Å². The second-order valence-corrected chi connectivity index (χ2v) is 4.13. The quantitative estimate of drug-likeness (QED) is 0.755. The Labute approximate surface area is 104 Å². The lowest BCUT2D eigenvalue weighted by atomic mass is 10.2. The average Bonchev–Trinajstić information content (AvgIpc) is 2.32. The van der Waals surface area contributed by atoms with Crippen LogP contribution in [-0.4, -0.2) is 46.1 Å². The Balaban J connectivity index is 2.31. The standard InChI is InChI=1S/C11H14N4O3/c1-6-8(10(17)18)5-13-11(14-6)15-4-3-12-9(16)7(15)2/h5,7H,3-4H2,1-2H3,(H,12,16)(H,17,18). The number of nitrogens with zero attached hydrogens (tertiary/aromatic N) is 3. The van der Waals surface area contributed by atoms with Crippen molar-refractivity contribution in [3.8, 4) is 0 Å². The van der Waals surface area contributed by atoms with Gasteiger partial charge in [0.1, 0.15) is 6.04 Å². The molecule has 1 saturated heterocycles. The molecule has 2 heterocycles. The van der Waals surface area contributed by atoms with Crippen molar-refractivity contribution in [1.82, 2.24) is 15.3 Å². The van der Waals surface area contributed by atoms with Crippen LogP contribution in [0.1, 0.15) is 23.0 Å². The molecule has 1 amide bonds. The highest BCUT2D eigenvalue weighted by molar-refractivity contribution is 5.89. The summed E-state index contributed by atoms with van der Waals surface area (Å²) in [5.41, 5.74) is 0.471. The van der Waals surface area contributed by atoms with E-state index in [1.54, 1.807) is 18.7 Å². The molecule has 1 aromatic heterocycles. The van der Waals surface area contributed by atoms with Crippen LogP contribution in [-0.2, 0) is 4.79 Å². The summed E-state index contributed by atoms with van der Waals surface area (Å²) in [6.45, 7) is 4.52. The number of hydrogen-bond acceptors (Lipinski definition) is 5. The number of aromatic nitrogens is 2. The van der Waals surface area contributed by atoms with E-state index in [-0.39, 0.29) is 17.5 Å². The van der Waals surface area contributed by atoms with Gasteiger partial charge in [-0.1, -0.05) is 0 Å². The molecular weight excluding hydrogens is 236 g/mol. The summed E-state index contributed by atoms with van der Waals surface area (Å²) in [4.78, 5) is 32.3. The highest BCUT2D eigenvalue weighted by atomic mass is 16.4. The van der Waals surface area contributed by atoms with Gasteiger partial charge in [-0.25, -0.2) is 14.8 Å². The number of piperazine rings is 1. The van der Waals surface area contributed by atoms with Gasteiger partial charge in [0.25, 0.3) is 0 Å². The zero-order chi connectivity index (χ0) is 13.3. The lowest BCUT2D eigenvalue weighted by Gasteiger charge is -2.32. The van der Waals surface area contributed by atoms with Gasteiger partial charge in [0.15, 0.2) is 0 Å². The molecule has 1 fully saturated rings. The molecule has 2 rings (SSSR count). The van der Waals surface area contributed by atoms with E-state index >= 15 is 0 Å². The van der Waals surface area contributed by atoms with E-state index in [0.29, 0.717) is 24.7 Å². The average molecular weight is 250 g/mol. The van der Waals surface area contributed by atoms with Crippen molar-refractivity contribution in [2.24, 2.45) is 0 Å². The van der Waals surface area contributed by atoms with Crippen LogP contribution in [0.2, 0.25) is 0 Å². The zero-order valence-corrected chi connectivity index (χ0v) is 10.2. The minimum atomic E-state index is -1.05. The molecule has 1 unspecified atom stereocenters. The van der Waals surface area contributed by atoms with Crippen molar-refractivity contribution < 1.29 is 14.7 Å². The van der Waals surface area contributed by atoms with Crippen molar-refractivity contribution >= 4 is 17.8 Å². The number of carboxylic acid groups (broad SMARTS) is 1. The van der Waals surface area contributed by atoms with E-state index in [1.165, 1.54) is 6.20 Å². The largest absolute Gasteiger partial charge is 0.478 e. The molecule has 1 aliphatic rings. The first-order valence-corrected chi connectivity index (χ1v) is 5.62. The Hall–Kier alpha value is -2.18. The lowest BCUT2D eigenvalue weighted by molar-refractivity contribution is -0.122. The normalized spacial score (nSPS) is 19.6. The fraction of sp³-hybridized carbons (Fsp3) is 0.455. The fourth-order valence-electron chi connectivity index (χ4n) is 1.86. The first-order valence-electron chi connectivity index (χ1n) is 5.62. The number of amides is 1. The summed E-state index contributed by atoms with van der Waals surface area (Å²) in [5.74, 6) is -0.742. The van der Waals surface area contributed by atoms with Crippen LogP contribution >= 0.6 is 0 Å². The molecule has 96 valence electrons. The Morgan fingerprint density at radius 2 is 2.33 bits per heavy atom. The molecular formula is C11H14N4O3. The van der Waals surface area contributed by atoms with Gasteiger partial charge in [-0.2, -0.15) is 0 Å². The number of carbonyl (C=O) groups excluding carboxylic acids is 1. The highest BCUT2D eigenvalue weighted by Gasteiger charge is 2.27. The van der Waals surface area contributed by atoms with E-state index in [1.807, 2.05) is 0 Å². The van der Waals surface area contributed by atoms with Gasteiger partial charge in [-0.3, -0.25) is 4.79 Å². The summed E-state index contributed by atoms with van der Waals surface area (Å²) in [5, 5.41) is 11.6. The molecule has 0 radical (unpaired) electrons. The van der Waals surface area contributed by atoms with Gasteiger partial charge < -0.3 is 15.3 Å². The van der Waals surface area contributed by atoms with E-state index < -0.39 is 5.97 Å². The second kappa shape index (κ2) is 4.59. The van der Waals surface area contributed by atoms with Crippen LogP contribution in [0.3, 0.4) is 0 Å². The molecule has 18 heavy (non-hydrogen) atoms. The summed E-state index contributed by atoms with van der Waals surface area (Å²) in [6.07, 6.45) is 1.28. The predicted molar refractivity (Wildman–Crippen MR) is 63.5 cm³/mol. The molecule has 1 aromatic rings. The van der Waals surface area contributed by atoms with Crippen LogP contribution in [0.5, 0.6) is 0 Å². The van der Waals surface area contributed by atoms with E-state index in [0.717, 1.165) is 0 Å². The molecule has 2 N–H and O–H groups in total. The van der Waals surface area contributed by atoms with Crippen molar-refractivity contribution in [3.63, 3.8) is 0 Å². The van der Waals surface area contributed by atoms with E-state index in [4.69, 9.17) is 5.11 Å². The Morgan fingerprint density at radius 3 is 2.94 bits per heavy atom. The van der Waals surface area contributed by atoms with Crippen LogP contribution in [0.25, 0.3) is 0 Å². The van der Waals surface area contributed by atoms with E-state index in [9.17, 15) is 9.59 Å². The van der Waals surface area contributed by atoms with Gasteiger partial charge in [0.05, 0.1) is 11.3 Å². The highest BCUT2D eigenvalue weighted by Crippen LogP contribution is 2.15. The van der Waals surface area contributed by atoms with Gasteiger partial charge >= 0.3 is 5.97 Å². The summed E-state index contributed by atoms with van der Waals surface area (Å²) in [6, 6.07) is -0.353. The summed E-state index contributed by atoms with van der Waals surface area (Å²) < 4.78 is 0. The number of nitrogens with one attached hydrogen (secondary N) is 1. The molecule has 0 bridgehead atoms. The maximum atomic E-state index is 11.5. The van der Waals surface area contributed by atoms with Gasteiger partial charge in [-0.05, 0) is 13.8 Å².